The largest absolute Gasteiger partial charge is 0.391 e. The minimum Gasteiger partial charge on any atom is -0.391 e. The lowest BCUT2D eigenvalue weighted by molar-refractivity contribution is 0.130. The number of aromatic nitrogens is 1. The maximum Gasteiger partial charge on any atom is 0.142 e. The molecule has 0 fully saturated rings. The second kappa shape index (κ2) is 9.23. The lowest BCUT2D eigenvalue weighted by Gasteiger charge is -2.14. The van der Waals surface area contributed by atoms with Crippen LogP contribution in [0.5, 0.6) is 0 Å². The molecule has 1 aromatic heterocycles. The second-order valence-electron chi connectivity index (χ2n) is 7.56. The van der Waals surface area contributed by atoms with Crippen molar-refractivity contribution in [3.05, 3.63) is 112 Å². The van der Waals surface area contributed by atoms with Crippen molar-refractivity contribution in [3.8, 4) is 16.9 Å². The Balaban J connectivity index is 1.73. The van der Waals surface area contributed by atoms with Crippen molar-refractivity contribution in [2.45, 2.75) is 27.4 Å². The van der Waals surface area contributed by atoms with Gasteiger partial charge < -0.3 is 9.40 Å². The van der Waals surface area contributed by atoms with E-state index in [0.717, 1.165) is 39.5 Å². The van der Waals surface area contributed by atoms with Gasteiger partial charge in [0, 0.05) is 11.3 Å². The van der Waals surface area contributed by atoms with E-state index in [-0.39, 0.29) is 0 Å². The molecule has 0 bridgehead atoms. The summed E-state index contributed by atoms with van der Waals surface area (Å²) in [6.45, 7) is 6.59. The van der Waals surface area contributed by atoms with Crippen molar-refractivity contribution in [2.75, 3.05) is 0 Å². The third-order valence-corrected chi connectivity index (χ3v) is 5.80. The highest BCUT2D eigenvalue weighted by atomic mass is 35.5. The van der Waals surface area contributed by atoms with Gasteiger partial charge in [-0.15, -0.1) is 0 Å². The smallest absolute Gasteiger partial charge is 0.142 e. The Morgan fingerprint density at radius 3 is 2.32 bits per heavy atom. The number of nitrogens with zero attached hydrogens (tertiary/aromatic N) is 2. The molecule has 4 aromatic rings. The van der Waals surface area contributed by atoms with Crippen molar-refractivity contribution in [2.24, 2.45) is 5.16 Å². The first kappa shape index (κ1) is 21.0. The van der Waals surface area contributed by atoms with Crippen LogP contribution in [0.1, 0.15) is 29.3 Å². The topological polar surface area (TPSA) is 26.5 Å². The van der Waals surface area contributed by atoms with Gasteiger partial charge in [-0.05, 0) is 55.7 Å². The number of benzene rings is 3. The summed E-state index contributed by atoms with van der Waals surface area (Å²) in [6.07, 6.45) is 0. The van der Waals surface area contributed by atoms with Gasteiger partial charge in [-0.1, -0.05) is 83.5 Å². The van der Waals surface area contributed by atoms with Crippen molar-refractivity contribution in [1.29, 1.82) is 0 Å². The third-order valence-electron chi connectivity index (χ3n) is 5.48. The fraction of sp³-hybridized carbons (Fsp3) is 0.148. The van der Waals surface area contributed by atoms with Crippen LogP contribution in [0.2, 0.25) is 5.02 Å². The molecule has 3 nitrogen and oxygen atoms in total. The Morgan fingerprint density at radius 1 is 0.903 bits per heavy atom. The highest BCUT2D eigenvalue weighted by Gasteiger charge is 2.18. The molecule has 0 aliphatic rings. The standard InChI is InChI=1S/C27H25ClN2O/c1-19-11-7-8-14-23(19)18-31-29-20(2)24-17-27(22-12-5-4-6-13-22)30(21(24)3)26-16-10-9-15-25(26)28/h4-17H,18H2,1-3H3/b29-20-. The first-order valence-electron chi connectivity index (χ1n) is 10.3. The summed E-state index contributed by atoms with van der Waals surface area (Å²) in [5.74, 6) is 0. The molecular formula is C27H25ClN2O. The number of oxime groups is 1. The van der Waals surface area contributed by atoms with Crippen LogP contribution >= 0.6 is 11.6 Å². The summed E-state index contributed by atoms with van der Waals surface area (Å²) in [6, 6.07) is 28.5. The van der Waals surface area contributed by atoms with E-state index in [0.29, 0.717) is 11.6 Å². The van der Waals surface area contributed by atoms with E-state index in [9.17, 15) is 0 Å². The van der Waals surface area contributed by atoms with Gasteiger partial charge in [-0.3, -0.25) is 0 Å². The SMILES string of the molecule is C/C(=N/OCc1ccccc1C)c1cc(-c2ccccc2)n(-c2ccccc2Cl)c1C. The normalized spacial score (nSPS) is 11.5. The predicted molar refractivity (Wildman–Crippen MR) is 129 cm³/mol. The molecule has 4 rings (SSSR count). The monoisotopic (exact) mass is 428 g/mol. The van der Waals surface area contributed by atoms with Crippen LogP contribution in [0.3, 0.4) is 0 Å². The molecule has 3 aromatic carbocycles. The van der Waals surface area contributed by atoms with Gasteiger partial charge in [0.2, 0.25) is 0 Å². The summed E-state index contributed by atoms with van der Waals surface area (Å²) in [5.41, 5.74) is 8.38. The van der Waals surface area contributed by atoms with E-state index in [1.807, 2.05) is 61.5 Å². The Morgan fingerprint density at radius 2 is 1.58 bits per heavy atom. The van der Waals surface area contributed by atoms with Crippen LogP contribution in [-0.2, 0) is 11.4 Å². The molecular weight excluding hydrogens is 404 g/mol. The van der Waals surface area contributed by atoms with E-state index < -0.39 is 0 Å². The molecule has 4 heteroatoms. The predicted octanol–water partition coefficient (Wildman–Crippen LogP) is 7.36. The van der Waals surface area contributed by atoms with Gasteiger partial charge in [0.1, 0.15) is 6.61 Å². The second-order valence-corrected chi connectivity index (χ2v) is 7.97. The number of aryl methyl sites for hydroxylation is 1. The van der Waals surface area contributed by atoms with Crippen molar-refractivity contribution < 1.29 is 4.84 Å². The molecule has 0 saturated carbocycles. The number of hydrogen-bond donors (Lipinski definition) is 0. The zero-order chi connectivity index (χ0) is 21.8. The Labute approximate surface area is 188 Å². The van der Waals surface area contributed by atoms with Gasteiger partial charge in [0.05, 0.1) is 22.1 Å². The van der Waals surface area contributed by atoms with Crippen LogP contribution in [0.4, 0.5) is 0 Å². The van der Waals surface area contributed by atoms with E-state index in [1.165, 1.54) is 5.56 Å². The maximum atomic E-state index is 6.57. The van der Waals surface area contributed by atoms with Gasteiger partial charge in [0.15, 0.2) is 0 Å². The molecule has 1 heterocycles. The fourth-order valence-corrected chi connectivity index (χ4v) is 3.98. The zero-order valence-electron chi connectivity index (χ0n) is 18.0. The number of halogens is 1. The molecule has 0 radical (unpaired) electrons. The maximum absolute atomic E-state index is 6.57. The summed E-state index contributed by atoms with van der Waals surface area (Å²) in [4.78, 5) is 5.71. The van der Waals surface area contributed by atoms with Crippen LogP contribution in [0.15, 0.2) is 90.1 Å². The van der Waals surface area contributed by atoms with Gasteiger partial charge in [0.25, 0.3) is 0 Å². The summed E-state index contributed by atoms with van der Waals surface area (Å²) in [5, 5.41) is 5.13. The van der Waals surface area contributed by atoms with Crippen LogP contribution in [0.25, 0.3) is 16.9 Å². The highest BCUT2D eigenvalue weighted by molar-refractivity contribution is 6.32. The average Bonchev–Trinajstić information content (AvgIpc) is 3.13. The molecule has 0 aliphatic heterocycles. The molecule has 0 N–H and O–H groups in total. The van der Waals surface area contributed by atoms with Crippen LogP contribution < -0.4 is 0 Å². The highest BCUT2D eigenvalue weighted by Crippen LogP contribution is 2.32. The Kier molecular flexibility index (Phi) is 6.24. The van der Waals surface area contributed by atoms with E-state index >= 15 is 0 Å². The quantitative estimate of drug-likeness (QED) is 0.233. The molecule has 0 aliphatic carbocycles. The van der Waals surface area contributed by atoms with Gasteiger partial charge >= 0.3 is 0 Å². The minimum atomic E-state index is 0.444. The number of para-hydroxylation sites is 1. The van der Waals surface area contributed by atoms with Crippen molar-refractivity contribution >= 4 is 17.3 Å². The van der Waals surface area contributed by atoms with Crippen LogP contribution in [0, 0.1) is 13.8 Å². The van der Waals surface area contributed by atoms with Gasteiger partial charge in [-0.2, -0.15) is 0 Å². The average molecular weight is 429 g/mol. The van der Waals surface area contributed by atoms with E-state index in [2.05, 4.69) is 53.9 Å². The molecule has 0 spiro atoms. The Bertz CT molecular complexity index is 1230. The Hall–Kier alpha value is -3.30. The first-order valence-corrected chi connectivity index (χ1v) is 10.7. The lowest BCUT2D eigenvalue weighted by Crippen LogP contribution is -2.03. The fourth-order valence-electron chi connectivity index (χ4n) is 3.76. The molecule has 0 amide bonds. The van der Waals surface area contributed by atoms with E-state index in [4.69, 9.17) is 16.4 Å². The third kappa shape index (κ3) is 4.42. The van der Waals surface area contributed by atoms with E-state index in [1.54, 1.807) is 0 Å². The molecule has 0 unspecified atom stereocenters. The van der Waals surface area contributed by atoms with Gasteiger partial charge in [-0.25, -0.2) is 0 Å². The molecule has 156 valence electrons. The lowest BCUT2D eigenvalue weighted by atomic mass is 10.1. The number of hydrogen-bond acceptors (Lipinski definition) is 2. The minimum absolute atomic E-state index is 0.444. The zero-order valence-corrected chi connectivity index (χ0v) is 18.7. The molecule has 0 saturated heterocycles. The summed E-state index contributed by atoms with van der Waals surface area (Å²) in [7, 11) is 0. The summed E-state index contributed by atoms with van der Waals surface area (Å²) >= 11 is 6.57. The number of rotatable bonds is 6. The van der Waals surface area contributed by atoms with Crippen LogP contribution in [-0.4, -0.2) is 10.3 Å². The first-order chi connectivity index (χ1) is 15.1. The van der Waals surface area contributed by atoms with Crippen molar-refractivity contribution in [1.82, 2.24) is 4.57 Å². The molecule has 0 atom stereocenters. The van der Waals surface area contributed by atoms with Crippen molar-refractivity contribution in [3.63, 3.8) is 0 Å². The molecule has 31 heavy (non-hydrogen) atoms. The summed E-state index contributed by atoms with van der Waals surface area (Å²) < 4.78 is 2.19.